The van der Waals surface area contributed by atoms with Crippen LogP contribution in [0.2, 0.25) is 5.02 Å². The molecule has 2 rings (SSSR count). The highest BCUT2D eigenvalue weighted by molar-refractivity contribution is 6.30. The largest absolute Gasteiger partial charge is 0.312 e. The van der Waals surface area contributed by atoms with Crippen molar-refractivity contribution in [3.05, 3.63) is 34.9 Å². The summed E-state index contributed by atoms with van der Waals surface area (Å²) in [4.78, 5) is 0. The molecule has 0 radical (unpaired) electrons. The monoisotopic (exact) mass is 271 g/mol. The van der Waals surface area contributed by atoms with Gasteiger partial charge in [0, 0.05) is 24.0 Å². The van der Waals surface area contributed by atoms with E-state index in [1.54, 1.807) is 0 Å². The lowest BCUT2D eigenvalue weighted by Gasteiger charge is -2.26. The van der Waals surface area contributed by atoms with Crippen LogP contribution in [0, 0.1) is 5.41 Å². The maximum atomic E-state index is 6.11. The van der Waals surface area contributed by atoms with Crippen LogP contribution in [0.5, 0.6) is 0 Å². The third kappa shape index (κ3) is 3.61. The summed E-state index contributed by atoms with van der Waals surface area (Å²) in [6.07, 6.45) is 5.19. The summed E-state index contributed by atoms with van der Waals surface area (Å²) in [5.74, 6) is 0.778. The molecule has 1 aliphatic rings. The van der Waals surface area contributed by atoms with Crippen LogP contribution in [-0.2, 0) is 6.54 Å². The summed E-state index contributed by atoms with van der Waals surface area (Å²) < 4.78 is 0. The van der Waals surface area contributed by atoms with Crippen LogP contribution in [0.25, 0.3) is 0 Å². The Morgan fingerprint density at radius 2 is 1.76 bits per heavy atom. The smallest absolute Gasteiger partial charge is 0.0406 e. The first-order valence-corrected chi connectivity index (χ1v) is 7.16. The van der Waals surface area contributed by atoms with Crippen molar-refractivity contribution in [3.63, 3.8) is 0 Å². The summed E-state index contributed by atoms with van der Waals surface area (Å²) in [6, 6.07) is 8.01. The molecule has 1 nitrogen and oxygen atoms in total. The molecule has 1 saturated carbocycles. The maximum Gasteiger partial charge on any atom is 0.0406 e. The average Bonchev–Trinajstić information content (AvgIpc) is 2.81. The average molecular weight is 272 g/mol. The fourth-order valence-corrected chi connectivity index (χ4v) is 3.04. The van der Waals surface area contributed by atoms with Gasteiger partial charge < -0.3 is 5.32 Å². The molecular weight excluding hydrogens is 253 g/mol. The molecule has 3 heteroatoms. The fraction of sp³-hybridized carbons (Fsp3) is 0.571. The van der Waals surface area contributed by atoms with Crippen molar-refractivity contribution < 1.29 is 0 Å². The molecule has 94 valence electrons. The van der Waals surface area contributed by atoms with Crippen LogP contribution in [0.3, 0.4) is 0 Å². The fourth-order valence-electron chi connectivity index (χ4n) is 2.56. The molecule has 1 fully saturated rings. The number of nitrogens with one attached hydrogen (secondary N) is 1. The summed E-state index contributed by atoms with van der Waals surface area (Å²) in [6.45, 7) is 1.93. The van der Waals surface area contributed by atoms with Gasteiger partial charge in [0.2, 0.25) is 0 Å². The minimum Gasteiger partial charge on any atom is -0.312 e. The molecule has 0 aromatic heterocycles. The zero-order valence-corrected chi connectivity index (χ0v) is 11.5. The Labute approximate surface area is 114 Å². The topological polar surface area (TPSA) is 12.0 Å². The SMILES string of the molecule is ClCC1(CNCc2ccc(Cl)cc2)CCCC1. The van der Waals surface area contributed by atoms with Crippen LogP contribution in [-0.4, -0.2) is 12.4 Å². The number of halogens is 2. The van der Waals surface area contributed by atoms with E-state index in [-0.39, 0.29) is 0 Å². The Balaban J connectivity index is 1.80. The quantitative estimate of drug-likeness (QED) is 0.791. The molecule has 0 aliphatic heterocycles. The van der Waals surface area contributed by atoms with E-state index in [1.807, 2.05) is 12.1 Å². The van der Waals surface area contributed by atoms with Crippen LogP contribution in [0.4, 0.5) is 0 Å². The van der Waals surface area contributed by atoms with E-state index in [1.165, 1.54) is 31.2 Å². The van der Waals surface area contributed by atoms with Gasteiger partial charge in [-0.15, -0.1) is 11.6 Å². The van der Waals surface area contributed by atoms with Gasteiger partial charge >= 0.3 is 0 Å². The van der Waals surface area contributed by atoms with E-state index in [0.717, 1.165) is 24.0 Å². The van der Waals surface area contributed by atoms with E-state index >= 15 is 0 Å². The molecule has 0 heterocycles. The Bertz CT molecular complexity index is 342. The van der Waals surface area contributed by atoms with Gasteiger partial charge in [-0.05, 0) is 36.0 Å². The van der Waals surface area contributed by atoms with Gasteiger partial charge in [0.15, 0.2) is 0 Å². The van der Waals surface area contributed by atoms with Gasteiger partial charge in [-0.25, -0.2) is 0 Å². The van der Waals surface area contributed by atoms with Crippen molar-refractivity contribution in [2.75, 3.05) is 12.4 Å². The second-order valence-corrected chi connectivity index (χ2v) is 5.77. The van der Waals surface area contributed by atoms with Crippen molar-refractivity contribution >= 4 is 23.2 Å². The van der Waals surface area contributed by atoms with E-state index in [4.69, 9.17) is 23.2 Å². The third-order valence-electron chi connectivity index (χ3n) is 3.69. The number of hydrogen-bond acceptors (Lipinski definition) is 1. The number of hydrogen-bond donors (Lipinski definition) is 1. The summed E-state index contributed by atoms with van der Waals surface area (Å²) in [5.41, 5.74) is 1.62. The first kappa shape index (κ1) is 13.2. The minimum absolute atomic E-state index is 0.341. The van der Waals surface area contributed by atoms with Crippen molar-refractivity contribution in [2.24, 2.45) is 5.41 Å². The first-order chi connectivity index (χ1) is 8.24. The number of rotatable bonds is 5. The van der Waals surface area contributed by atoms with E-state index in [0.29, 0.717) is 5.41 Å². The predicted octanol–water partition coefficient (Wildman–Crippen LogP) is 4.23. The van der Waals surface area contributed by atoms with Crippen LogP contribution < -0.4 is 5.32 Å². The number of benzene rings is 1. The van der Waals surface area contributed by atoms with Gasteiger partial charge in [-0.1, -0.05) is 36.6 Å². The zero-order valence-electron chi connectivity index (χ0n) is 10.0. The number of alkyl halides is 1. The van der Waals surface area contributed by atoms with Crippen LogP contribution in [0.1, 0.15) is 31.2 Å². The van der Waals surface area contributed by atoms with Gasteiger partial charge in [0.1, 0.15) is 0 Å². The molecule has 0 bridgehead atoms. The maximum absolute atomic E-state index is 6.11. The van der Waals surface area contributed by atoms with Crippen molar-refractivity contribution in [1.82, 2.24) is 5.32 Å². The zero-order chi connectivity index (χ0) is 12.1. The van der Waals surface area contributed by atoms with Crippen molar-refractivity contribution in [3.8, 4) is 0 Å². The molecule has 1 aromatic rings. The Morgan fingerprint density at radius 1 is 1.12 bits per heavy atom. The summed E-state index contributed by atoms with van der Waals surface area (Å²) in [5, 5.41) is 4.32. The Morgan fingerprint density at radius 3 is 2.35 bits per heavy atom. The van der Waals surface area contributed by atoms with Crippen LogP contribution >= 0.6 is 23.2 Å². The van der Waals surface area contributed by atoms with Gasteiger partial charge in [-0.3, -0.25) is 0 Å². The molecule has 17 heavy (non-hydrogen) atoms. The Kier molecular flexibility index (Phi) is 4.72. The van der Waals surface area contributed by atoms with Crippen molar-refractivity contribution in [1.29, 1.82) is 0 Å². The lowest BCUT2D eigenvalue weighted by atomic mass is 9.88. The molecule has 0 unspecified atom stereocenters. The molecule has 1 aliphatic carbocycles. The molecule has 0 spiro atoms. The molecule has 0 saturated heterocycles. The standard InChI is InChI=1S/C14H19Cl2N/c15-10-14(7-1-2-8-14)11-17-9-12-3-5-13(16)6-4-12/h3-6,17H,1-2,7-11H2. The van der Waals surface area contributed by atoms with E-state index in [9.17, 15) is 0 Å². The minimum atomic E-state index is 0.341. The summed E-state index contributed by atoms with van der Waals surface area (Å²) in [7, 11) is 0. The van der Waals surface area contributed by atoms with E-state index < -0.39 is 0 Å². The van der Waals surface area contributed by atoms with Crippen molar-refractivity contribution in [2.45, 2.75) is 32.2 Å². The highest BCUT2D eigenvalue weighted by atomic mass is 35.5. The first-order valence-electron chi connectivity index (χ1n) is 6.25. The third-order valence-corrected chi connectivity index (χ3v) is 4.51. The predicted molar refractivity (Wildman–Crippen MR) is 74.8 cm³/mol. The molecular formula is C14H19Cl2N. The second kappa shape index (κ2) is 6.08. The Hall–Kier alpha value is -0.240. The normalized spacial score (nSPS) is 18.5. The molecule has 1 aromatic carbocycles. The lowest BCUT2D eigenvalue weighted by molar-refractivity contribution is 0.320. The molecule has 1 N–H and O–H groups in total. The summed E-state index contributed by atoms with van der Waals surface area (Å²) >= 11 is 12.0. The van der Waals surface area contributed by atoms with Gasteiger partial charge in [0.25, 0.3) is 0 Å². The van der Waals surface area contributed by atoms with E-state index in [2.05, 4.69) is 17.4 Å². The van der Waals surface area contributed by atoms with Gasteiger partial charge in [-0.2, -0.15) is 0 Å². The van der Waals surface area contributed by atoms with Crippen LogP contribution in [0.15, 0.2) is 24.3 Å². The van der Waals surface area contributed by atoms with Gasteiger partial charge in [0.05, 0.1) is 0 Å². The lowest BCUT2D eigenvalue weighted by Crippen LogP contribution is -2.33. The molecule has 0 atom stereocenters. The molecule has 0 amide bonds. The second-order valence-electron chi connectivity index (χ2n) is 5.07. The highest BCUT2D eigenvalue weighted by Gasteiger charge is 2.32. The highest BCUT2D eigenvalue weighted by Crippen LogP contribution is 2.38.